The molecule has 1 N–H and O–H groups in total. The summed E-state index contributed by atoms with van der Waals surface area (Å²) in [5, 5.41) is 3.49. The Morgan fingerprint density at radius 3 is 3.05 bits per heavy atom. The minimum Gasteiger partial charge on any atom is -0.495 e. The number of anilines is 1. The molecule has 4 nitrogen and oxygen atoms in total. The van der Waals surface area contributed by atoms with Crippen LogP contribution in [0, 0.1) is 6.92 Å². The lowest BCUT2D eigenvalue weighted by Gasteiger charge is -2.12. The Hall–Kier alpha value is -0.850. The predicted molar refractivity (Wildman–Crippen MR) is 93.2 cm³/mol. The van der Waals surface area contributed by atoms with Crippen molar-refractivity contribution in [2.45, 2.75) is 13.3 Å². The second kappa shape index (κ2) is 7.96. The lowest BCUT2D eigenvalue weighted by atomic mass is 10.2. The minimum atomic E-state index is -0.0360. The van der Waals surface area contributed by atoms with Crippen LogP contribution in [0.15, 0.2) is 17.1 Å². The third kappa shape index (κ3) is 4.83. The first-order chi connectivity index (χ1) is 10.1. The smallest absolute Gasteiger partial charge is 0.225 e. The number of hydrogen-bond acceptors (Lipinski definition) is 5. The molecule has 0 saturated carbocycles. The summed E-state index contributed by atoms with van der Waals surface area (Å²) in [7, 11) is 1.56. The van der Waals surface area contributed by atoms with Crippen molar-refractivity contribution in [3.63, 3.8) is 0 Å². The Balaban J connectivity index is 1.88. The highest BCUT2D eigenvalue weighted by atomic mass is 35.5. The SMILES string of the molecule is COc1cc(Cl)c(C)cc1NC(=O)CCSC1=NCCS1. The van der Waals surface area contributed by atoms with E-state index in [2.05, 4.69) is 10.3 Å². The Morgan fingerprint density at radius 1 is 1.57 bits per heavy atom. The molecule has 0 bridgehead atoms. The Labute approximate surface area is 138 Å². The molecule has 1 aromatic carbocycles. The highest BCUT2D eigenvalue weighted by Crippen LogP contribution is 2.31. The lowest BCUT2D eigenvalue weighted by molar-refractivity contribution is -0.115. The number of benzene rings is 1. The van der Waals surface area contributed by atoms with Gasteiger partial charge in [0.15, 0.2) is 0 Å². The molecule has 0 fully saturated rings. The standard InChI is InChI=1S/C14H17ClN2O2S2/c1-9-7-11(12(19-2)8-10(9)15)17-13(18)3-5-20-14-16-4-6-21-14/h7-8H,3-6H2,1-2H3,(H,17,18). The zero-order valence-corrected chi connectivity index (χ0v) is 14.3. The Bertz CT molecular complexity index is 564. The van der Waals surface area contributed by atoms with Gasteiger partial charge in [-0.15, -0.1) is 0 Å². The van der Waals surface area contributed by atoms with Gasteiger partial charge in [0.05, 0.1) is 19.3 Å². The molecule has 0 unspecified atom stereocenters. The highest BCUT2D eigenvalue weighted by Gasteiger charge is 2.12. The third-order valence-electron chi connectivity index (χ3n) is 2.87. The summed E-state index contributed by atoms with van der Waals surface area (Å²) < 4.78 is 6.33. The number of halogens is 1. The van der Waals surface area contributed by atoms with Crippen LogP contribution in [0.5, 0.6) is 5.75 Å². The van der Waals surface area contributed by atoms with E-state index in [-0.39, 0.29) is 5.91 Å². The molecule has 1 aliphatic rings. The Morgan fingerprint density at radius 2 is 2.38 bits per heavy atom. The topological polar surface area (TPSA) is 50.7 Å². The molecule has 0 aliphatic carbocycles. The molecule has 2 rings (SSSR count). The average molecular weight is 345 g/mol. The number of carbonyl (C=O) groups is 1. The molecular weight excluding hydrogens is 328 g/mol. The van der Waals surface area contributed by atoms with Gasteiger partial charge in [-0.2, -0.15) is 0 Å². The third-order valence-corrected chi connectivity index (χ3v) is 5.53. The summed E-state index contributed by atoms with van der Waals surface area (Å²) in [5.41, 5.74) is 1.56. The van der Waals surface area contributed by atoms with Crippen molar-refractivity contribution in [3.05, 3.63) is 22.7 Å². The summed E-state index contributed by atoms with van der Waals surface area (Å²) in [6, 6.07) is 3.54. The van der Waals surface area contributed by atoms with Gasteiger partial charge in [-0.3, -0.25) is 9.79 Å². The van der Waals surface area contributed by atoms with Gasteiger partial charge in [0.25, 0.3) is 0 Å². The lowest BCUT2D eigenvalue weighted by Crippen LogP contribution is -2.13. The molecule has 7 heteroatoms. The molecule has 0 aromatic heterocycles. The number of aliphatic imine (C=N–C) groups is 1. The fraction of sp³-hybridized carbons (Fsp3) is 0.429. The van der Waals surface area contributed by atoms with Crippen LogP contribution in [0.1, 0.15) is 12.0 Å². The van der Waals surface area contributed by atoms with Crippen LogP contribution in [-0.4, -0.2) is 35.4 Å². The van der Waals surface area contributed by atoms with Crippen molar-refractivity contribution in [3.8, 4) is 5.75 Å². The summed E-state index contributed by atoms with van der Waals surface area (Å²) in [5.74, 6) is 2.32. The van der Waals surface area contributed by atoms with Crippen LogP contribution < -0.4 is 10.1 Å². The van der Waals surface area contributed by atoms with Crippen molar-refractivity contribution < 1.29 is 9.53 Å². The fourth-order valence-corrected chi connectivity index (χ4v) is 3.95. The number of nitrogens with one attached hydrogen (secondary N) is 1. The first-order valence-corrected chi connectivity index (χ1v) is 8.89. The molecule has 0 spiro atoms. The van der Waals surface area contributed by atoms with Gasteiger partial charge in [-0.05, 0) is 18.6 Å². The number of methoxy groups -OCH3 is 1. The quantitative estimate of drug-likeness (QED) is 0.882. The molecular formula is C14H17ClN2O2S2. The maximum Gasteiger partial charge on any atom is 0.225 e. The van der Waals surface area contributed by atoms with Gasteiger partial charge >= 0.3 is 0 Å². The van der Waals surface area contributed by atoms with Gasteiger partial charge in [-0.25, -0.2) is 0 Å². The molecule has 1 amide bonds. The van der Waals surface area contributed by atoms with Crippen molar-refractivity contribution >= 4 is 51.1 Å². The van der Waals surface area contributed by atoms with Crippen LogP contribution in [0.2, 0.25) is 5.02 Å². The van der Waals surface area contributed by atoms with E-state index >= 15 is 0 Å². The maximum atomic E-state index is 12.0. The number of nitrogens with zero attached hydrogens (tertiary/aromatic N) is 1. The summed E-state index contributed by atoms with van der Waals surface area (Å²) >= 11 is 9.44. The predicted octanol–water partition coefficient (Wildman–Crippen LogP) is 3.82. The van der Waals surface area contributed by atoms with E-state index < -0.39 is 0 Å². The van der Waals surface area contributed by atoms with E-state index in [0.29, 0.717) is 22.9 Å². The largest absolute Gasteiger partial charge is 0.495 e. The van der Waals surface area contributed by atoms with E-state index in [4.69, 9.17) is 16.3 Å². The van der Waals surface area contributed by atoms with Crippen LogP contribution in [0.3, 0.4) is 0 Å². The number of thioether (sulfide) groups is 2. The van der Waals surface area contributed by atoms with Crippen molar-refractivity contribution in [2.24, 2.45) is 4.99 Å². The van der Waals surface area contributed by atoms with E-state index in [1.165, 1.54) is 0 Å². The van der Waals surface area contributed by atoms with Crippen LogP contribution in [-0.2, 0) is 4.79 Å². The van der Waals surface area contributed by atoms with Gasteiger partial charge in [0, 0.05) is 29.0 Å². The molecule has 0 radical (unpaired) electrons. The number of amides is 1. The number of ether oxygens (including phenoxy) is 1. The molecule has 1 heterocycles. The Kier molecular flexibility index (Phi) is 6.26. The zero-order valence-electron chi connectivity index (χ0n) is 11.9. The number of aryl methyl sites for hydroxylation is 1. The normalized spacial score (nSPS) is 14.0. The van der Waals surface area contributed by atoms with E-state index in [0.717, 1.165) is 28.0 Å². The first kappa shape index (κ1) is 16.5. The first-order valence-electron chi connectivity index (χ1n) is 6.54. The second-order valence-electron chi connectivity index (χ2n) is 4.44. The molecule has 114 valence electrons. The zero-order chi connectivity index (χ0) is 15.2. The van der Waals surface area contributed by atoms with Gasteiger partial charge in [-0.1, -0.05) is 35.1 Å². The van der Waals surface area contributed by atoms with Crippen molar-refractivity contribution in [1.29, 1.82) is 0 Å². The number of carbonyl (C=O) groups excluding carboxylic acids is 1. The molecule has 0 atom stereocenters. The number of rotatable bonds is 5. The van der Waals surface area contributed by atoms with Crippen molar-refractivity contribution in [1.82, 2.24) is 0 Å². The average Bonchev–Trinajstić information content (AvgIpc) is 2.96. The molecule has 0 saturated heterocycles. The molecule has 1 aliphatic heterocycles. The summed E-state index contributed by atoms with van der Waals surface area (Å²) in [4.78, 5) is 16.3. The van der Waals surface area contributed by atoms with E-state index in [1.54, 1.807) is 36.7 Å². The van der Waals surface area contributed by atoms with E-state index in [1.807, 2.05) is 13.0 Å². The van der Waals surface area contributed by atoms with Gasteiger partial charge < -0.3 is 10.1 Å². The second-order valence-corrected chi connectivity index (χ2v) is 7.28. The van der Waals surface area contributed by atoms with Gasteiger partial charge in [0.1, 0.15) is 10.1 Å². The summed E-state index contributed by atoms with van der Waals surface area (Å²) in [6.07, 6.45) is 0.440. The molecule has 1 aromatic rings. The molecule has 21 heavy (non-hydrogen) atoms. The highest BCUT2D eigenvalue weighted by molar-refractivity contribution is 8.39. The van der Waals surface area contributed by atoms with Gasteiger partial charge in [0.2, 0.25) is 5.91 Å². The maximum absolute atomic E-state index is 12.0. The van der Waals surface area contributed by atoms with Crippen LogP contribution in [0.4, 0.5) is 5.69 Å². The monoisotopic (exact) mass is 344 g/mol. The van der Waals surface area contributed by atoms with Crippen molar-refractivity contribution in [2.75, 3.05) is 30.5 Å². The minimum absolute atomic E-state index is 0.0360. The summed E-state index contributed by atoms with van der Waals surface area (Å²) in [6.45, 7) is 2.78. The van der Waals surface area contributed by atoms with E-state index in [9.17, 15) is 4.79 Å². The fourth-order valence-electron chi connectivity index (χ4n) is 1.78. The van der Waals surface area contributed by atoms with Crippen LogP contribution in [0.25, 0.3) is 0 Å². The van der Waals surface area contributed by atoms with Crippen LogP contribution >= 0.6 is 35.1 Å². The number of hydrogen-bond donors (Lipinski definition) is 1.